The normalized spacial score (nSPS) is 9.13. The van der Waals surface area contributed by atoms with E-state index < -0.39 is 0 Å². The molecule has 78 valence electrons. The Morgan fingerprint density at radius 2 is 2.13 bits per heavy atom. The summed E-state index contributed by atoms with van der Waals surface area (Å²) in [7, 11) is 0. The lowest BCUT2D eigenvalue weighted by Crippen LogP contribution is -1.94. The number of ketones is 1. The molecule has 2 nitrogen and oxygen atoms in total. The number of carbonyl (C=O) groups is 1. The van der Waals surface area contributed by atoms with Crippen LogP contribution in [-0.4, -0.2) is 10.9 Å². The van der Waals surface area contributed by atoms with Crippen LogP contribution in [0.5, 0.6) is 5.75 Å². The number of phenols is 1. The van der Waals surface area contributed by atoms with Crippen molar-refractivity contribution in [1.29, 1.82) is 0 Å². The number of phenolic OH excluding ortho intramolecular Hbond substituents is 1. The van der Waals surface area contributed by atoms with E-state index in [0.29, 0.717) is 0 Å². The molecule has 1 rings (SSSR count). The summed E-state index contributed by atoms with van der Waals surface area (Å²) in [5.41, 5.74) is 0.279. The van der Waals surface area contributed by atoms with Gasteiger partial charge in [0.05, 0.1) is 5.56 Å². The van der Waals surface area contributed by atoms with Crippen molar-refractivity contribution < 1.29 is 9.90 Å². The smallest absolute Gasteiger partial charge is 0.239 e. The average molecular weight is 202 g/mol. The van der Waals surface area contributed by atoms with Crippen LogP contribution in [0.4, 0.5) is 0 Å². The van der Waals surface area contributed by atoms with Crippen molar-refractivity contribution in [3.8, 4) is 17.6 Å². The van der Waals surface area contributed by atoms with Crippen LogP contribution in [0.15, 0.2) is 24.3 Å². The van der Waals surface area contributed by atoms with Gasteiger partial charge in [0.25, 0.3) is 0 Å². The van der Waals surface area contributed by atoms with E-state index in [1.807, 2.05) is 0 Å². The van der Waals surface area contributed by atoms with Gasteiger partial charge in [0.15, 0.2) is 0 Å². The van der Waals surface area contributed by atoms with E-state index in [1.165, 1.54) is 6.07 Å². The van der Waals surface area contributed by atoms with Crippen LogP contribution in [-0.2, 0) is 0 Å². The van der Waals surface area contributed by atoms with Crippen molar-refractivity contribution in [2.45, 2.75) is 26.2 Å². The van der Waals surface area contributed by atoms with Crippen molar-refractivity contribution >= 4 is 5.78 Å². The van der Waals surface area contributed by atoms with Gasteiger partial charge in [-0.1, -0.05) is 31.4 Å². The molecule has 0 amide bonds. The maximum absolute atomic E-state index is 11.5. The summed E-state index contributed by atoms with van der Waals surface area (Å²) in [6.45, 7) is 2.08. The minimum absolute atomic E-state index is 0.00714. The fourth-order valence-corrected chi connectivity index (χ4v) is 1.14. The van der Waals surface area contributed by atoms with Gasteiger partial charge in [-0.15, -0.1) is 0 Å². The molecule has 0 heterocycles. The molecule has 0 atom stereocenters. The second-order valence-corrected chi connectivity index (χ2v) is 3.25. The Hall–Kier alpha value is -1.75. The van der Waals surface area contributed by atoms with Crippen molar-refractivity contribution in [2.75, 3.05) is 0 Å². The summed E-state index contributed by atoms with van der Waals surface area (Å²) >= 11 is 0. The Balaban J connectivity index is 2.68. The highest BCUT2D eigenvalue weighted by atomic mass is 16.3. The predicted octanol–water partition coefficient (Wildman–Crippen LogP) is 2.77. The molecular weight excluding hydrogens is 188 g/mol. The Bertz CT molecular complexity index is 396. The second kappa shape index (κ2) is 5.87. The topological polar surface area (TPSA) is 37.3 Å². The molecule has 0 aliphatic carbocycles. The van der Waals surface area contributed by atoms with Crippen LogP contribution in [0.1, 0.15) is 36.5 Å². The standard InChI is InChI=1S/C13H14O2/c1-2-3-4-5-9-12(14)11-8-6-7-10-13(11)15/h6-8,10,15H,2-4H2,1H3. The molecule has 2 heteroatoms. The van der Waals surface area contributed by atoms with Crippen LogP contribution in [0.3, 0.4) is 0 Å². The maximum Gasteiger partial charge on any atom is 0.239 e. The molecule has 0 bridgehead atoms. The van der Waals surface area contributed by atoms with Gasteiger partial charge in [0, 0.05) is 6.42 Å². The van der Waals surface area contributed by atoms with Crippen LogP contribution in [0.25, 0.3) is 0 Å². The summed E-state index contributed by atoms with van der Waals surface area (Å²) in [6, 6.07) is 6.45. The van der Waals surface area contributed by atoms with Gasteiger partial charge in [-0.3, -0.25) is 4.79 Å². The first-order valence-electron chi connectivity index (χ1n) is 5.07. The summed E-state index contributed by atoms with van der Waals surface area (Å²) in [6.07, 6.45) is 2.80. The Labute approximate surface area is 89.9 Å². The van der Waals surface area contributed by atoms with E-state index in [0.717, 1.165) is 19.3 Å². The van der Waals surface area contributed by atoms with Crippen molar-refractivity contribution in [3.05, 3.63) is 29.8 Å². The summed E-state index contributed by atoms with van der Waals surface area (Å²) in [5, 5.41) is 9.40. The summed E-state index contributed by atoms with van der Waals surface area (Å²) in [4.78, 5) is 11.5. The number of aromatic hydroxyl groups is 1. The van der Waals surface area contributed by atoms with Gasteiger partial charge in [-0.05, 0) is 24.5 Å². The van der Waals surface area contributed by atoms with Crippen molar-refractivity contribution in [1.82, 2.24) is 0 Å². The number of benzene rings is 1. The summed E-state index contributed by atoms with van der Waals surface area (Å²) in [5.74, 6) is 5.00. The van der Waals surface area contributed by atoms with Crippen LogP contribution >= 0.6 is 0 Å². The molecule has 1 aromatic carbocycles. The third-order valence-corrected chi connectivity index (χ3v) is 2.01. The van der Waals surface area contributed by atoms with Crippen LogP contribution < -0.4 is 0 Å². The van der Waals surface area contributed by atoms with Gasteiger partial charge < -0.3 is 5.11 Å². The molecule has 0 aliphatic rings. The van der Waals surface area contributed by atoms with E-state index in [-0.39, 0.29) is 17.1 Å². The molecule has 0 spiro atoms. The lowest BCUT2D eigenvalue weighted by molar-refractivity contribution is 0.105. The predicted molar refractivity (Wildman–Crippen MR) is 59.7 cm³/mol. The molecule has 1 N–H and O–H groups in total. The van der Waals surface area contributed by atoms with E-state index >= 15 is 0 Å². The highest BCUT2D eigenvalue weighted by Gasteiger charge is 2.06. The molecule has 0 radical (unpaired) electrons. The minimum Gasteiger partial charge on any atom is -0.507 e. The molecule has 0 aromatic heterocycles. The molecule has 0 unspecified atom stereocenters. The first-order valence-corrected chi connectivity index (χ1v) is 5.07. The zero-order valence-corrected chi connectivity index (χ0v) is 8.79. The van der Waals surface area contributed by atoms with E-state index in [4.69, 9.17) is 0 Å². The number of para-hydroxylation sites is 1. The molecule has 1 aromatic rings. The Morgan fingerprint density at radius 1 is 1.40 bits per heavy atom. The fraction of sp³-hybridized carbons (Fsp3) is 0.308. The zero-order valence-electron chi connectivity index (χ0n) is 8.79. The monoisotopic (exact) mass is 202 g/mol. The lowest BCUT2D eigenvalue weighted by Gasteiger charge is -1.96. The third kappa shape index (κ3) is 3.47. The first kappa shape index (κ1) is 11.3. The van der Waals surface area contributed by atoms with Gasteiger partial charge in [-0.25, -0.2) is 0 Å². The highest BCUT2D eigenvalue weighted by Crippen LogP contribution is 2.15. The average Bonchev–Trinajstić information content (AvgIpc) is 2.25. The van der Waals surface area contributed by atoms with Gasteiger partial charge in [0.2, 0.25) is 5.78 Å². The number of hydrogen-bond donors (Lipinski definition) is 1. The van der Waals surface area contributed by atoms with Crippen molar-refractivity contribution in [3.63, 3.8) is 0 Å². The molecule has 0 fully saturated rings. The second-order valence-electron chi connectivity index (χ2n) is 3.25. The van der Waals surface area contributed by atoms with E-state index in [9.17, 15) is 9.90 Å². The lowest BCUT2D eigenvalue weighted by atomic mass is 10.1. The number of hydrogen-bond acceptors (Lipinski definition) is 2. The van der Waals surface area contributed by atoms with Gasteiger partial charge >= 0.3 is 0 Å². The Morgan fingerprint density at radius 3 is 2.80 bits per heavy atom. The number of unbranched alkanes of at least 4 members (excludes halogenated alkanes) is 2. The Kier molecular flexibility index (Phi) is 4.43. The third-order valence-electron chi connectivity index (χ3n) is 2.01. The molecule has 0 saturated carbocycles. The van der Waals surface area contributed by atoms with Gasteiger partial charge in [-0.2, -0.15) is 0 Å². The molecule has 0 saturated heterocycles. The van der Waals surface area contributed by atoms with Crippen molar-refractivity contribution in [2.24, 2.45) is 0 Å². The SMILES string of the molecule is CCCCC#CC(=O)c1ccccc1O. The molecular formula is C13H14O2. The quantitative estimate of drug-likeness (QED) is 0.354. The zero-order chi connectivity index (χ0) is 11.1. The molecule has 0 aliphatic heterocycles. The number of carbonyl (C=O) groups excluding carboxylic acids is 1. The first-order chi connectivity index (χ1) is 7.25. The number of rotatable bonds is 3. The fourth-order valence-electron chi connectivity index (χ4n) is 1.14. The summed E-state index contributed by atoms with van der Waals surface area (Å²) < 4.78 is 0. The van der Waals surface area contributed by atoms with E-state index in [2.05, 4.69) is 18.8 Å². The largest absolute Gasteiger partial charge is 0.507 e. The van der Waals surface area contributed by atoms with Crippen LogP contribution in [0.2, 0.25) is 0 Å². The van der Waals surface area contributed by atoms with Gasteiger partial charge in [0.1, 0.15) is 5.75 Å². The number of Topliss-reactive ketones (excluding diaryl/α,β-unsaturated/α-hetero) is 1. The highest BCUT2D eigenvalue weighted by molar-refractivity contribution is 6.10. The van der Waals surface area contributed by atoms with Crippen LogP contribution in [0, 0.1) is 11.8 Å². The minimum atomic E-state index is -0.316. The maximum atomic E-state index is 11.5. The van der Waals surface area contributed by atoms with E-state index in [1.54, 1.807) is 18.2 Å². The molecule has 15 heavy (non-hydrogen) atoms.